The van der Waals surface area contributed by atoms with E-state index in [-0.39, 0.29) is 10.6 Å². The third kappa shape index (κ3) is 2.96. The molecular formula is C16H18N2O2. The summed E-state index contributed by atoms with van der Waals surface area (Å²) in [6, 6.07) is 11.1. The number of nitrogens with one attached hydrogen (secondary N) is 1. The zero-order chi connectivity index (χ0) is 14.7. The van der Waals surface area contributed by atoms with Crippen LogP contribution in [0.3, 0.4) is 0 Å². The molecule has 0 saturated carbocycles. The van der Waals surface area contributed by atoms with E-state index >= 15 is 0 Å². The van der Waals surface area contributed by atoms with Gasteiger partial charge in [-0.2, -0.15) is 0 Å². The molecule has 0 heterocycles. The van der Waals surface area contributed by atoms with E-state index in [9.17, 15) is 10.1 Å². The minimum absolute atomic E-state index is 0.111. The van der Waals surface area contributed by atoms with Crippen molar-refractivity contribution in [1.82, 2.24) is 0 Å². The summed E-state index contributed by atoms with van der Waals surface area (Å²) in [5.74, 6) is 0. The molecule has 0 fully saturated rings. The van der Waals surface area contributed by atoms with Gasteiger partial charge in [-0.1, -0.05) is 24.3 Å². The Labute approximate surface area is 118 Å². The van der Waals surface area contributed by atoms with E-state index in [4.69, 9.17) is 0 Å². The van der Waals surface area contributed by atoms with E-state index in [0.717, 1.165) is 11.3 Å². The summed E-state index contributed by atoms with van der Waals surface area (Å²) in [6.45, 7) is 6.76. The largest absolute Gasteiger partial charge is 0.381 e. The van der Waals surface area contributed by atoms with Crippen LogP contribution in [0.4, 0.5) is 11.4 Å². The van der Waals surface area contributed by atoms with Gasteiger partial charge in [0.1, 0.15) is 0 Å². The van der Waals surface area contributed by atoms with Crippen LogP contribution in [0.15, 0.2) is 36.4 Å². The van der Waals surface area contributed by atoms with Gasteiger partial charge in [0.2, 0.25) is 0 Å². The lowest BCUT2D eigenvalue weighted by molar-refractivity contribution is -0.384. The highest BCUT2D eigenvalue weighted by Gasteiger charge is 2.09. The van der Waals surface area contributed by atoms with E-state index in [2.05, 4.69) is 31.3 Å². The predicted molar refractivity (Wildman–Crippen MR) is 81.1 cm³/mol. The van der Waals surface area contributed by atoms with Crippen molar-refractivity contribution in [3.8, 4) is 0 Å². The number of nitrogens with zero attached hydrogens (tertiary/aromatic N) is 1. The molecule has 0 aliphatic heterocycles. The first kappa shape index (κ1) is 14.1. The lowest BCUT2D eigenvalue weighted by atomic mass is 10.0. The standard InChI is InChI=1S/C16H18N2O2/c1-11-5-4-6-12(2)15(11)10-17-16-9-14(18(19)20)8-7-13(16)3/h4-9,17H,10H2,1-3H3. The maximum Gasteiger partial charge on any atom is 0.271 e. The van der Waals surface area contributed by atoms with Crippen LogP contribution in [-0.4, -0.2) is 4.92 Å². The van der Waals surface area contributed by atoms with Crippen molar-refractivity contribution >= 4 is 11.4 Å². The maximum atomic E-state index is 10.8. The molecule has 4 heteroatoms. The molecule has 0 spiro atoms. The molecule has 0 aromatic heterocycles. The van der Waals surface area contributed by atoms with Crippen molar-refractivity contribution in [3.05, 3.63) is 68.8 Å². The van der Waals surface area contributed by atoms with Crippen molar-refractivity contribution in [2.45, 2.75) is 27.3 Å². The highest BCUT2D eigenvalue weighted by molar-refractivity contribution is 5.57. The van der Waals surface area contributed by atoms with Gasteiger partial charge in [-0.3, -0.25) is 10.1 Å². The molecule has 0 bridgehead atoms. The quantitative estimate of drug-likeness (QED) is 0.671. The Morgan fingerprint density at radius 2 is 1.70 bits per heavy atom. The number of hydrogen-bond acceptors (Lipinski definition) is 3. The average Bonchev–Trinajstić information content (AvgIpc) is 2.39. The highest BCUT2D eigenvalue weighted by Crippen LogP contribution is 2.23. The van der Waals surface area contributed by atoms with Crippen LogP contribution in [0, 0.1) is 30.9 Å². The first-order valence-corrected chi connectivity index (χ1v) is 6.53. The van der Waals surface area contributed by atoms with Gasteiger partial charge in [0, 0.05) is 24.4 Å². The number of hydrogen-bond donors (Lipinski definition) is 1. The fraction of sp³-hybridized carbons (Fsp3) is 0.250. The first-order chi connectivity index (χ1) is 9.49. The van der Waals surface area contributed by atoms with Crippen LogP contribution in [0.2, 0.25) is 0 Å². The van der Waals surface area contributed by atoms with Crippen LogP contribution in [0.5, 0.6) is 0 Å². The van der Waals surface area contributed by atoms with Crippen LogP contribution in [0.25, 0.3) is 0 Å². The molecule has 2 aromatic rings. The Morgan fingerprint density at radius 1 is 1.05 bits per heavy atom. The second-order valence-corrected chi connectivity index (χ2v) is 4.98. The van der Waals surface area contributed by atoms with Crippen LogP contribution in [0.1, 0.15) is 22.3 Å². The SMILES string of the molecule is Cc1ccc([N+](=O)[O-])cc1NCc1c(C)cccc1C. The molecular weight excluding hydrogens is 252 g/mol. The lowest BCUT2D eigenvalue weighted by Gasteiger charge is -2.13. The highest BCUT2D eigenvalue weighted by atomic mass is 16.6. The second kappa shape index (κ2) is 5.74. The molecule has 1 N–H and O–H groups in total. The Hall–Kier alpha value is -2.36. The molecule has 0 saturated heterocycles. The number of anilines is 1. The van der Waals surface area contributed by atoms with Gasteiger partial charge in [-0.25, -0.2) is 0 Å². The molecule has 2 rings (SSSR count). The van der Waals surface area contributed by atoms with Gasteiger partial charge in [-0.15, -0.1) is 0 Å². The van der Waals surface area contributed by atoms with Crippen molar-refractivity contribution in [3.63, 3.8) is 0 Å². The topological polar surface area (TPSA) is 55.2 Å². The molecule has 0 aliphatic carbocycles. The van der Waals surface area contributed by atoms with Crippen molar-refractivity contribution in [2.24, 2.45) is 0 Å². The van der Waals surface area contributed by atoms with Crippen molar-refractivity contribution in [1.29, 1.82) is 0 Å². The molecule has 0 unspecified atom stereocenters. The fourth-order valence-corrected chi connectivity index (χ4v) is 2.23. The van der Waals surface area contributed by atoms with Crippen molar-refractivity contribution in [2.75, 3.05) is 5.32 Å². The maximum absolute atomic E-state index is 10.8. The smallest absolute Gasteiger partial charge is 0.271 e. The average molecular weight is 270 g/mol. The number of benzene rings is 2. The van der Waals surface area contributed by atoms with Gasteiger partial charge >= 0.3 is 0 Å². The number of aryl methyl sites for hydroxylation is 3. The number of nitro benzene ring substituents is 1. The number of nitro groups is 1. The van der Waals surface area contributed by atoms with Gasteiger partial charge in [0.05, 0.1) is 4.92 Å². The normalized spacial score (nSPS) is 10.3. The summed E-state index contributed by atoms with van der Waals surface area (Å²) >= 11 is 0. The Balaban J connectivity index is 2.23. The van der Waals surface area contributed by atoms with Crippen molar-refractivity contribution < 1.29 is 4.92 Å². The number of rotatable bonds is 4. The monoisotopic (exact) mass is 270 g/mol. The molecule has 0 aliphatic rings. The Morgan fingerprint density at radius 3 is 2.30 bits per heavy atom. The first-order valence-electron chi connectivity index (χ1n) is 6.53. The van der Waals surface area contributed by atoms with Crippen LogP contribution < -0.4 is 5.32 Å². The summed E-state index contributed by atoms with van der Waals surface area (Å²) in [4.78, 5) is 10.5. The third-order valence-electron chi connectivity index (χ3n) is 3.53. The zero-order valence-electron chi connectivity index (χ0n) is 11.9. The van der Waals surface area contributed by atoms with E-state index in [1.807, 2.05) is 13.0 Å². The lowest BCUT2D eigenvalue weighted by Crippen LogP contribution is -2.05. The fourth-order valence-electron chi connectivity index (χ4n) is 2.23. The van der Waals surface area contributed by atoms with Gasteiger partial charge in [-0.05, 0) is 43.0 Å². The van der Waals surface area contributed by atoms with Crippen LogP contribution >= 0.6 is 0 Å². The predicted octanol–water partition coefficient (Wildman–Crippen LogP) is 4.13. The molecule has 104 valence electrons. The molecule has 0 radical (unpaired) electrons. The molecule has 0 amide bonds. The molecule has 2 aromatic carbocycles. The number of non-ortho nitro benzene ring substituents is 1. The van der Waals surface area contributed by atoms with E-state index in [1.54, 1.807) is 12.1 Å². The minimum Gasteiger partial charge on any atom is -0.381 e. The van der Waals surface area contributed by atoms with Gasteiger partial charge in [0.15, 0.2) is 0 Å². The summed E-state index contributed by atoms with van der Waals surface area (Å²) in [6.07, 6.45) is 0. The zero-order valence-corrected chi connectivity index (χ0v) is 11.9. The summed E-state index contributed by atoms with van der Waals surface area (Å²) < 4.78 is 0. The van der Waals surface area contributed by atoms with Gasteiger partial charge in [0.25, 0.3) is 5.69 Å². The van der Waals surface area contributed by atoms with E-state index < -0.39 is 0 Å². The van der Waals surface area contributed by atoms with E-state index in [1.165, 1.54) is 22.8 Å². The molecule has 0 atom stereocenters. The van der Waals surface area contributed by atoms with Gasteiger partial charge < -0.3 is 5.32 Å². The summed E-state index contributed by atoms with van der Waals surface area (Å²) in [7, 11) is 0. The summed E-state index contributed by atoms with van der Waals surface area (Å²) in [5, 5.41) is 14.1. The summed E-state index contributed by atoms with van der Waals surface area (Å²) in [5.41, 5.74) is 5.60. The third-order valence-corrected chi connectivity index (χ3v) is 3.53. The Kier molecular flexibility index (Phi) is 4.03. The van der Waals surface area contributed by atoms with Crippen LogP contribution in [-0.2, 0) is 6.54 Å². The second-order valence-electron chi connectivity index (χ2n) is 4.98. The van der Waals surface area contributed by atoms with E-state index in [0.29, 0.717) is 6.54 Å². The molecule has 20 heavy (non-hydrogen) atoms. The Bertz CT molecular complexity index is 631. The molecule has 4 nitrogen and oxygen atoms in total. The minimum atomic E-state index is -0.371.